The molecule has 102 valence electrons. The number of hydrogen-bond donors (Lipinski definition) is 2. The molecule has 0 aliphatic heterocycles. The highest BCUT2D eigenvalue weighted by molar-refractivity contribution is 7.99. The zero-order chi connectivity index (χ0) is 14.1. The van der Waals surface area contributed by atoms with Gasteiger partial charge in [0.25, 0.3) is 0 Å². The summed E-state index contributed by atoms with van der Waals surface area (Å²) < 4.78 is 0. The molecule has 4 heteroatoms. The Morgan fingerprint density at radius 2 is 1.90 bits per heavy atom. The van der Waals surface area contributed by atoms with Gasteiger partial charge in [-0.05, 0) is 49.2 Å². The largest absolute Gasteiger partial charge is 0.389 e. The van der Waals surface area contributed by atoms with E-state index in [4.69, 9.17) is 0 Å². The number of aromatic nitrogens is 2. The highest BCUT2D eigenvalue weighted by Gasteiger charge is 2.06. The standard InChI is InChI=1S/C16H16N2OS/c1-10-3-8-14-15(9-10)18-16(17-14)20-13-6-4-12(5-7-13)11(2)19/h3-9,11,19H,1-2H3,(H,17,18)/t11-/m0/s1. The molecule has 1 heterocycles. The summed E-state index contributed by atoms with van der Waals surface area (Å²) in [5, 5.41) is 10.4. The van der Waals surface area contributed by atoms with Crippen molar-refractivity contribution in [2.24, 2.45) is 0 Å². The Morgan fingerprint density at radius 3 is 2.60 bits per heavy atom. The molecule has 2 N–H and O–H groups in total. The van der Waals surface area contributed by atoms with Crippen molar-refractivity contribution >= 4 is 22.8 Å². The zero-order valence-electron chi connectivity index (χ0n) is 11.4. The number of rotatable bonds is 3. The molecule has 0 unspecified atom stereocenters. The zero-order valence-corrected chi connectivity index (χ0v) is 12.2. The van der Waals surface area contributed by atoms with Gasteiger partial charge in [-0.15, -0.1) is 0 Å². The van der Waals surface area contributed by atoms with Gasteiger partial charge < -0.3 is 10.1 Å². The number of nitrogens with zero attached hydrogens (tertiary/aromatic N) is 1. The molecule has 0 aliphatic rings. The van der Waals surface area contributed by atoms with Crippen LogP contribution in [-0.2, 0) is 0 Å². The predicted molar refractivity (Wildman–Crippen MR) is 82.0 cm³/mol. The van der Waals surface area contributed by atoms with E-state index in [2.05, 4.69) is 29.0 Å². The number of nitrogens with one attached hydrogen (secondary N) is 1. The highest BCUT2D eigenvalue weighted by atomic mass is 32.2. The second kappa shape index (κ2) is 5.31. The van der Waals surface area contributed by atoms with Crippen molar-refractivity contribution in [1.29, 1.82) is 0 Å². The third-order valence-corrected chi connectivity index (χ3v) is 4.09. The molecule has 0 spiro atoms. The number of aliphatic hydroxyl groups is 1. The molecule has 0 saturated heterocycles. The topological polar surface area (TPSA) is 48.9 Å². The Morgan fingerprint density at radius 1 is 1.15 bits per heavy atom. The quantitative estimate of drug-likeness (QED) is 0.762. The van der Waals surface area contributed by atoms with Crippen LogP contribution < -0.4 is 0 Å². The fourth-order valence-corrected chi connectivity index (χ4v) is 2.87. The van der Waals surface area contributed by atoms with Crippen LogP contribution in [0.1, 0.15) is 24.2 Å². The molecule has 0 radical (unpaired) electrons. The Kier molecular flexibility index (Phi) is 3.51. The van der Waals surface area contributed by atoms with Crippen molar-refractivity contribution in [3.05, 3.63) is 53.6 Å². The van der Waals surface area contributed by atoms with Crippen molar-refractivity contribution in [2.45, 2.75) is 30.0 Å². The van der Waals surface area contributed by atoms with E-state index in [9.17, 15) is 5.11 Å². The molecule has 0 saturated carbocycles. The highest BCUT2D eigenvalue weighted by Crippen LogP contribution is 2.28. The molecule has 2 aromatic carbocycles. The molecule has 0 fully saturated rings. The van der Waals surface area contributed by atoms with Crippen molar-refractivity contribution < 1.29 is 5.11 Å². The summed E-state index contributed by atoms with van der Waals surface area (Å²) in [5.74, 6) is 0. The van der Waals surface area contributed by atoms with Crippen LogP contribution in [0, 0.1) is 6.92 Å². The summed E-state index contributed by atoms with van der Waals surface area (Å²) in [5.41, 5.74) is 4.19. The number of benzene rings is 2. The first-order valence-corrected chi connectivity index (χ1v) is 7.36. The van der Waals surface area contributed by atoms with Crippen LogP contribution in [0.4, 0.5) is 0 Å². The second-order valence-corrected chi connectivity index (χ2v) is 5.97. The number of hydrogen-bond acceptors (Lipinski definition) is 3. The van der Waals surface area contributed by atoms with Gasteiger partial charge in [-0.2, -0.15) is 0 Å². The first-order valence-electron chi connectivity index (χ1n) is 6.54. The van der Waals surface area contributed by atoms with Crippen LogP contribution in [0.3, 0.4) is 0 Å². The maximum absolute atomic E-state index is 9.50. The Labute approximate surface area is 122 Å². The predicted octanol–water partition coefficient (Wildman–Crippen LogP) is 4.08. The minimum atomic E-state index is -0.428. The van der Waals surface area contributed by atoms with E-state index in [0.29, 0.717) is 0 Å². The molecule has 0 amide bonds. The van der Waals surface area contributed by atoms with Crippen molar-refractivity contribution in [2.75, 3.05) is 0 Å². The maximum atomic E-state index is 9.50. The first kappa shape index (κ1) is 13.2. The van der Waals surface area contributed by atoms with Crippen molar-refractivity contribution in [1.82, 2.24) is 9.97 Å². The van der Waals surface area contributed by atoms with Gasteiger partial charge in [0.2, 0.25) is 0 Å². The fraction of sp³-hybridized carbons (Fsp3) is 0.188. The average Bonchev–Trinajstić information content (AvgIpc) is 2.80. The molecule has 1 atom stereocenters. The molecule has 20 heavy (non-hydrogen) atoms. The third-order valence-electron chi connectivity index (χ3n) is 3.19. The van der Waals surface area contributed by atoms with E-state index in [0.717, 1.165) is 26.6 Å². The van der Waals surface area contributed by atoms with Gasteiger partial charge in [0, 0.05) is 4.90 Å². The fourth-order valence-electron chi connectivity index (χ4n) is 2.07. The normalized spacial score (nSPS) is 12.8. The molecule has 3 nitrogen and oxygen atoms in total. The lowest BCUT2D eigenvalue weighted by Gasteiger charge is -2.04. The minimum absolute atomic E-state index is 0.428. The SMILES string of the molecule is Cc1ccc2nc(Sc3ccc([C@H](C)O)cc3)[nH]c2c1. The lowest BCUT2D eigenvalue weighted by atomic mass is 10.1. The number of H-pyrrole nitrogens is 1. The van der Waals surface area contributed by atoms with Crippen LogP contribution in [-0.4, -0.2) is 15.1 Å². The van der Waals surface area contributed by atoms with Gasteiger partial charge in [0.15, 0.2) is 5.16 Å². The maximum Gasteiger partial charge on any atom is 0.171 e. The van der Waals surface area contributed by atoms with E-state index < -0.39 is 6.10 Å². The van der Waals surface area contributed by atoms with Crippen LogP contribution in [0.2, 0.25) is 0 Å². The average molecular weight is 284 g/mol. The lowest BCUT2D eigenvalue weighted by molar-refractivity contribution is 0.199. The first-order chi connectivity index (χ1) is 9.61. The number of aliphatic hydroxyl groups excluding tert-OH is 1. The van der Waals surface area contributed by atoms with Crippen LogP contribution >= 0.6 is 11.8 Å². The summed E-state index contributed by atoms with van der Waals surface area (Å²) in [6.07, 6.45) is -0.428. The van der Waals surface area contributed by atoms with E-state index in [1.54, 1.807) is 18.7 Å². The van der Waals surface area contributed by atoms with Crippen LogP contribution in [0.25, 0.3) is 11.0 Å². The number of imidazole rings is 1. The van der Waals surface area contributed by atoms with Gasteiger partial charge in [-0.25, -0.2) is 4.98 Å². The van der Waals surface area contributed by atoms with Crippen molar-refractivity contribution in [3.8, 4) is 0 Å². The molecule has 0 bridgehead atoms. The van der Waals surface area contributed by atoms with Gasteiger partial charge in [0.05, 0.1) is 17.1 Å². The summed E-state index contributed by atoms with van der Waals surface area (Å²) in [6.45, 7) is 3.84. The monoisotopic (exact) mass is 284 g/mol. The van der Waals surface area contributed by atoms with E-state index in [-0.39, 0.29) is 0 Å². The van der Waals surface area contributed by atoms with Gasteiger partial charge in [-0.1, -0.05) is 30.0 Å². The smallest absolute Gasteiger partial charge is 0.171 e. The van der Waals surface area contributed by atoms with E-state index >= 15 is 0 Å². The van der Waals surface area contributed by atoms with Crippen LogP contribution in [0.15, 0.2) is 52.5 Å². The summed E-state index contributed by atoms with van der Waals surface area (Å²) in [4.78, 5) is 8.99. The van der Waals surface area contributed by atoms with Gasteiger partial charge >= 0.3 is 0 Å². The Hall–Kier alpha value is -1.78. The van der Waals surface area contributed by atoms with Gasteiger partial charge in [-0.3, -0.25) is 0 Å². The molecule has 0 aliphatic carbocycles. The second-order valence-electron chi connectivity index (χ2n) is 4.91. The lowest BCUT2D eigenvalue weighted by Crippen LogP contribution is -1.89. The number of aromatic amines is 1. The van der Waals surface area contributed by atoms with E-state index in [1.165, 1.54) is 5.56 Å². The Bertz CT molecular complexity index is 732. The molecule has 1 aromatic heterocycles. The summed E-state index contributed by atoms with van der Waals surface area (Å²) in [6, 6.07) is 14.1. The summed E-state index contributed by atoms with van der Waals surface area (Å²) >= 11 is 1.59. The van der Waals surface area contributed by atoms with Crippen LogP contribution in [0.5, 0.6) is 0 Å². The molecule has 3 rings (SSSR count). The number of aryl methyl sites for hydroxylation is 1. The molecular weight excluding hydrogens is 268 g/mol. The third kappa shape index (κ3) is 2.71. The van der Waals surface area contributed by atoms with E-state index in [1.807, 2.05) is 30.3 Å². The minimum Gasteiger partial charge on any atom is -0.389 e. The number of fused-ring (bicyclic) bond motifs is 1. The van der Waals surface area contributed by atoms with Crippen molar-refractivity contribution in [3.63, 3.8) is 0 Å². The molecular formula is C16H16N2OS. The van der Waals surface area contributed by atoms with Gasteiger partial charge in [0.1, 0.15) is 0 Å². The molecule has 3 aromatic rings. The Balaban J connectivity index is 1.85. The summed E-state index contributed by atoms with van der Waals surface area (Å²) in [7, 11) is 0.